The molecule has 2 aliphatic heterocycles. The normalized spacial score (nSPS) is 17.5. The average molecular weight is 601 g/mol. The Morgan fingerprint density at radius 1 is 0.930 bits per heavy atom. The zero-order chi connectivity index (χ0) is 30.0. The Hall–Kier alpha value is -3.06. The Morgan fingerprint density at radius 2 is 1.67 bits per heavy atom. The van der Waals surface area contributed by atoms with E-state index in [4.69, 9.17) is 16.3 Å². The standard InChI is InChI=1S/C36H45ClN4O2/c1-4-41-32-11-7-6-10-29(32)30-22-26(12-14-33(30)41)24-39-20-16-28(17-21-39)43-34-15-13-27(23-31(34)37)35(42)38-25-36(2,3)40-18-8-5-9-19-40/h6-7,10-15,22-23,28H,4-5,8-9,16-21,24-25H2,1-3H3,(H,38,42). The maximum atomic E-state index is 12.9. The first-order valence-electron chi connectivity index (χ1n) is 16.0. The van der Waals surface area contributed by atoms with Crippen LogP contribution in [0.5, 0.6) is 5.75 Å². The molecule has 3 heterocycles. The smallest absolute Gasteiger partial charge is 0.251 e. The van der Waals surface area contributed by atoms with Crippen LogP contribution in [-0.2, 0) is 13.1 Å². The van der Waals surface area contributed by atoms with Crippen LogP contribution < -0.4 is 10.1 Å². The highest BCUT2D eigenvalue weighted by molar-refractivity contribution is 6.32. The number of para-hydroxylation sites is 1. The number of halogens is 1. The average Bonchev–Trinajstić information content (AvgIpc) is 3.35. The summed E-state index contributed by atoms with van der Waals surface area (Å²) in [4.78, 5) is 17.9. The number of likely N-dealkylation sites (tertiary alicyclic amines) is 2. The van der Waals surface area contributed by atoms with Crippen molar-refractivity contribution in [3.05, 3.63) is 76.8 Å². The van der Waals surface area contributed by atoms with Gasteiger partial charge in [-0.15, -0.1) is 0 Å². The van der Waals surface area contributed by atoms with E-state index >= 15 is 0 Å². The molecule has 0 unspecified atom stereocenters. The summed E-state index contributed by atoms with van der Waals surface area (Å²) in [6.07, 6.45) is 5.77. The Labute approximate surface area is 260 Å². The Morgan fingerprint density at radius 3 is 2.42 bits per heavy atom. The lowest BCUT2D eigenvalue weighted by molar-refractivity contribution is 0.0797. The van der Waals surface area contributed by atoms with Crippen LogP contribution in [0, 0.1) is 0 Å². The molecule has 2 aliphatic rings. The number of fused-ring (bicyclic) bond motifs is 3. The van der Waals surface area contributed by atoms with E-state index < -0.39 is 0 Å². The molecular weight excluding hydrogens is 556 g/mol. The van der Waals surface area contributed by atoms with E-state index in [9.17, 15) is 4.79 Å². The number of hydrogen-bond donors (Lipinski definition) is 1. The number of nitrogens with one attached hydrogen (secondary N) is 1. The molecule has 0 aliphatic carbocycles. The third-order valence-corrected chi connectivity index (χ3v) is 9.77. The van der Waals surface area contributed by atoms with Crippen molar-refractivity contribution in [2.24, 2.45) is 0 Å². The fourth-order valence-electron chi connectivity index (χ4n) is 6.91. The third kappa shape index (κ3) is 6.57. The summed E-state index contributed by atoms with van der Waals surface area (Å²) in [5.74, 6) is 0.562. The lowest BCUT2D eigenvalue weighted by Crippen LogP contribution is -2.53. The van der Waals surface area contributed by atoms with Crippen molar-refractivity contribution in [1.29, 1.82) is 0 Å². The van der Waals surface area contributed by atoms with Crippen molar-refractivity contribution >= 4 is 39.3 Å². The number of aromatic nitrogens is 1. The van der Waals surface area contributed by atoms with E-state index in [1.165, 1.54) is 46.6 Å². The number of amides is 1. The van der Waals surface area contributed by atoms with Gasteiger partial charge in [-0.25, -0.2) is 0 Å². The van der Waals surface area contributed by atoms with Crippen molar-refractivity contribution in [2.45, 2.75) is 77.6 Å². The maximum Gasteiger partial charge on any atom is 0.251 e. The Bertz CT molecular complexity index is 1580. The number of carbonyl (C=O) groups excluding carboxylic acids is 1. The van der Waals surface area contributed by atoms with E-state index in [0.717, 1.165) is 52.1 Å². The first-order chi connectivity index (χ1) is 20.8. The summed E-state index contributed by atoms with van der Waals surface area (Å²) in [5.41, 5.74) is 4.46. The van der Waals surface area contributed by atoms with Crippen molar-refractivity contribution < 1.29 is 9.53 Å². The molecule has 0 radical (unpaired) electrons. The van der Waals surface area contributed by atoms with Crippen LogP contribution in [0.4, 0.5) is 0 Å². The van der Waals surface area contributed by atoms with Gasteiger partial charge in [0.05, 0.1) is 5.02 Å². The van der Waals surface area contributed by atoms with Gasteiger partial charge in [-0.3, -0.25) is 14.6 Å². The van der Waals surface area contributed by atoms with Crippen LogP contribution in [0.2, 0.25) is 5.02 Å². The molecule has 1 amide bonds. The third-order valence-electron chi connectivity index (χ3n) is 9.48. The number of piperidine rings is 2. The van der Waals surface area contributed by atoms with Crippen LogP contribution in [0.15, 0.2) is 60.7 Å². The van der Waals surface area contributed by atoms with E-state index in [0.29, 0.717) is 22.9 Å². The molecule has 6 nitrogen and oxygen atoms in total. The minimum absolute atomic E-state index is 0.0694. The monoisotopic (exact) mass is 600 g/mol. The summed E-state index contributed by atoms with van der Waals surface area (Å²) in [6.45, 7) is 13.3. The van der Waals surface area contributed by atoms with Crippen molar-refractivity contribution in [3.8, 4) is 5.75 Å². The second kappa shape index (κ2) is 12.9. The molecular formula is C36H45ClN4O2. The van der Waals surface area contributed by atoms with Gasteiger partial charge in [0.25, 0.3) is 5.91 Å². The second-order valence-corrected chi connectivity index (χ2v) is 13.3. The van der Waals surface area contributed by atoms with Gasteiger partial charge in [-0.05, 0) is 102 Å². The SMILES string of the molecule is CCn1c2ccccc2c2cc(CN3CCC(Oc4ccc(C(=O)NCC(C)(C)N5CCCCC5)cc4Cl)CC3)ccc21. The molecule has 0 saturated carbocycles. The molecule has 228 valence electrons. The molecule has 7 heteroatoms. The fraction of sp³-hybridized carbons (Fsp3) is 0.472. The molecule has 6 rings (SSSR count). The number of carbonyl (C=O) groups is 1. The van der Waals surface area contributed by atoms with Gasteiger partial charge in [0.1, 0.15) is 11.9 Å². The molecule has 0 spiro atoms. The number of nitrogens with zero attached hydrogens (tertiary/aromatic N) is 3. The van der Waals surface area contributed by atoms with Gasteiger partial charge in [0, 0.05) is 65.6 Å². The largest absolute Gasteiger partial charge is 0.489 e. The summed E-state index contributed by atoms with van der Waals surface area (Å²) < 4.78 is 8.74. The highest BCUT2D eigenvalue weighted by Crippen LogP contribution is 2.31. The zero-order valence-electron chi connectivity index (χ0n) is 25.9. The van der Waals surface area contributed by atoms with E-state index in [1.807, 2.05) is 12.1 Å². The molecule has 1 N–H and O–H groups in total. The molecule has 2 fully saturated rings. The van der Waals surface area contributed by atoms with Gasteiger partial charge < -0.3 is 14.6 Å². The van der Waals surface area contributed by atoms with Gasteiger partial charge in [0.15, 0.2) is 0 Å². The molecule has 2 saturated heterocycles. The van der Waals surface area contributed by atoms with Crippen LogP contribution in [0.25, 0.3) is 21.8 Å². The van der Waals surface area contributed by atoms with E-state index in [-0.39, 0.29) is 17.6 Å². The number of ether oxygens (including phenoxy) is 1. The topological polar surface area (TPSA) is 49.7 Å². The first kappa shape index (κ1) is 30.0. The number of hydrogen-bond acceptors (Lipinski definition) is 4. The fourth-order valence-corrected chi connectivity index (χ4v) is 7.14. The number of rotatable bonds is 9. The molecule has 1 aromatic heterocycles. The summed E-state index contributed by atoms with van der Waals surface area (Å²) in [5, 5.41) is 6.28. The minimum atomic E-state index is -0.0933. The van der Waals surface area contributed by atoms with Crippen molar-refractivity contribution in [3.63, 3.8) is 0 Å². The van der Waals surface area contributed by atoms with Crippen LogP contribution >= 0.6 is 11.6 Å². The van der Waals surface area contributed by atoms with E-state index in [2.05, 4.69) is 82.9 Å². The Kier molecular flexibility index (Phi) is 8.99. The molecule has 3 aromatic carbocycles. The van der Waals surface area contributed by atoms with Gasteiger partial charge in [-0.2, -0.15) is 0 Å². The predicted molar refractivity (Wildman–Crippen MR) is 177 cm³/mol. The number of benzene rings is 3. The zero-order valence-corrected chi connectivity index (χ0v) is 26.6. The summed E-state index contributed by atoms with van der Waals surface area (Å²) in [6, 6.07) is 21.1. The van der Waals surface area contributed by atoms with Crippen molar-refractivity contribution in [1.82, 2.24) is 19.7 Å². The van der Waals surface area contributed by atoms with Gasteiger partial charge in [-0.1, -0.05) is 42.3 Å². The van der Waals surface area contributed by atoms with E-state index in [1.54, 1.807) is 6.07 Å². The maximum absolute atomic E-state index is 12.9. The van der Waals surface area contributed by atoms with Crippen LogP contribution in [0.1, 0.15) is 68.8 Å². The van der Waals surface area contributed by atoms with Crippen molar-refractivity contribution in [2.75, 3.05) is 32.7 Å². The van der Waals surface area contributed by atoms with Gasteiger partial charge >= 0.3 is 0 Å². The molecule has 43 heavy (non-hydrogen) atoms. The predicted octanol–water partition coefficient (Wildman–Crippen LogP) is 7.51. The Balaban J connectivity index is 1.02. The lowest BCUT2D eigenvalue weighted by atomic mass is 9.98. The molecule has 0 atom stereocenters. The first-order valence-corrected chi connectivity index (χ1v) is 16.4. The minimum Gasteiger partial charge on any atom is -0.489 e. The highest BCUT2D eigenvalue weighted by atomic mass is 35.5. The second-order valence-electron chi connectivity index (χ2n) is 12.9. The van der Waals surface area contributed by atoms with Crippen LogP contribution in [0.3, 0.4) is 0 Å². The summed E-state index contributed by atoms with van der Waals surface area (Å²) in [7, 11) is 0. The summed E-state index contributed by atoms with van der Waals surface area (Å²) >= 11 is 6.62. The molecule has 0 bridgehead atoms. The quantitative estimate of drug-likeness (QED) is 0.216. The van der Waals surface area contributed by atoms with Gasteiger partial charge in [0.2, 0.25) is 0 Å². The van der Waals surface area contributed by atoms with Crippen LogP contribution in [-0.4, -0.2) is 64.6 Å². The highest BCUT2D eigenvalue weighted by Gasteiger charge is 2.28. The molecule has 4 aromatic rings. The lowest BCUT2D eigenvalue weighted by Gasteiger charge is -2.41. The number of aryl methyl sites for hydroxylation is 1.